The van der Waals surface area contributed by atoms with Crippen LogP contribution in [0.1, 0.15) is 17.3 Å². The first-order valence-electron chi connectivity index (χ1n) is 9.11. The number of nitrogens with zero attached hydrogens (tertiary/aromatic N) is 1. The van der Waals surface area contributed by atoms with E-state index in [1.807, 2.05) is 24.3 Å². The number of hydrogen-bond acceptors (Lipinski definition) is 7. The summed E-state index contributed by atoms with van der Waals surface area (Å²) >= 11 is 4.56. The van der Waals surface area contributed by atoms with Gasteiger partial charge in [-0.25, -0.2) is 4.79 Å². The first-order chi connectivity index (χ1) is 14.9. The van der Waals surface area contributed by atoms with E-state index in [-0.39, 0.29) is 23.6 Å². The van der Waals surface area contributed by atoms with Gasteiger partial charge in [-0.15, -0.1) is 11.3 Å². The average molecular weight is 505 g/mol. The molecule has 31 heavy (non-hydrogen) atoms. The van der Waals surface area contributed by atoms with Crippen molar-refractivity contribution in [3.8, 4) is 16.9 Å². The maximum absolute atomic E-state index is 12.6. The number of ether oxygens (including phenoxy) is 2. The Kier molecular flexibility index (Phi) is 7.37. The van der Waals surface area contributed by atoms with E-state index in [0.717, 1.165) is 10.0 Å². The second-order valence-electron chi connectivity index (χ2n) is 6.14. The van der Waals surface area contributed by atoms with Gasteiger partial charge in [0.15, 0.2) is 12.4 Å². The second kappa shape index (κ2) is 10.2. The third-order valence-electron chi connectivity index (χ3n) is 4.10. The van der Waals surface area contributed by atoms with Crippen LogP contribution in [0.25, 0.3) is 11.1 Å². The van der Waals surface area contributed by atoms with Crippen LogP contribution in [0.5, 0.6) is 5.75 Å². The van der Waals surface area contributed by atoms with Crippen molar-refractivity contribution in [1.82, 2.24) is 0 Å². The van der Waals surface area contributed by atoms with Crippen LogP contribution < -0.4 is 10.1 Å². The molecule has 3 aromatic rings. The summed E-state index contributed by atoms with van der Waals surface area (Å²) in [6.45, 7) is 1.42. The fourth-order valence-corrected chi connectivity index (χ4v) is 3.97. The maximum atomic E-state index is 12.6. The lowest BCUT2D eigenvalue weighted by atomic mass is 10.0. The Hall–Kier alpha value is -3.24. The number of halogens is 1. The number of thiophene rings is 1. The highest BCUT2D eigenvalue weighted by Gasteiger charge is 2.23. The molecule has 1 heterocycles. The van der Waals surface area contributed by atoms with Gasteiger partial charge >= 0.3 is 11.7 Å². The molecule has 160 valence electrons. The molecular weight excluding hydrogens is 488 g/mol. The average Bonchev–Trinajstić information content (AvgIpc) is 3.16. The van der Waals surface area contributed by atoms with Crippen molar-refractivity contribution in [2.45, 2.75) is 6.92 Å². The maximum Gasteiger partial charge on any atom is 0.341 e. The second-order valence-corrected chi connectivity index (χ2v) is 7.94. The van der Waals surface area contributed by atoms with Gasteiger partial charge in [0.05, 0.1) is 11.5 Å². The molecule has 0 aliphatic carbocycles. The van der Waals surface area contributed by atoms with E-state index in [1.54, 1.807) is 18.4 Å². The van der Waals surface area contributed by atoms with Crippen LogP contribution in [-0.2, 0) is 9.53 Å². The molecule has 0 bridgehead atoms. The number of nitro groups is 1. The molecule has 0 saturated carbocycles. The van der Waals surface area contributed by atoms with Crippen LogP contribution in [0.4, 0.5) is 10.7 Å². The molecule has 0 aliphatic heterocycles. The Morgan fingerprint density at radius 3 is 2.55 bits per heavy atom. The number of nitro benzene ring substituents is 1. The first kappa shape index (κ1) is 22.4. The van der Waals surface area contributed by atoms with Gasteiger partial charge in [-0.1, -0.05) is 40.2 Å². The summed E-state index contributed by atoms with van der Waals surface area (Å²) in [5.74, 6) is -1.14. The minimum atomic E-state index is -0.587. The van der Waals surface area contributed by atoms with Gasteiger partial charge in [0, 0.05) is 21.5 Å². The highest BCUT2D eigenvalue weighted by Crippen LogP contribution is 2.36. The molecule has 3 rings (SSSR count). The van der Waals surface area contributed by atoms with Gasteiger partial charge in [0.25, 0.3) is 5.91 Å². The number of anilines is 1. The zero-order valence-corrected chi connectivity index (χ0v) is 18.7. The van der Waals surface area contributed by atoms with Crippen molar-refractivity contribution >= 4 is 49.8 Å². The van der Waals surface area contributed by atoms with E-state index >= 15 is 0 Å². The molecule has 0 fully saturated rings. The fraction of sp³-hybridized carbons (Fsp3) is 0.143. The van der Waals surface area contributed by atoms with Gasteiger partial charge in [0.1, 0.15) is 10.6 Å². The summed E-state index contributed by atoms with van der Waals surface area (Å²) in [6, 6.07) is 13.2. The molecule has 2 aromatic carbocycles. The SMILES string of the molecule is CCOC(=O)c1c(-c2ccc(Br)cc2)csc1NC(=O)COc1ccccc1[N+](=O)[O-]. The summed E-state index contributed by atoms with van der Waals surface area (Å²) in [5, 5.41) is 15.8. The van der Waals surface area contributed by atoms with Crippen molar-refractivity contribution in [1.29, 1.82) is 0 Å². The Morgan fingerprint density at radius 1 is 1.16 bits per heavy atom. The predicted molar refractivity (Wildman–Crippen MR) is 121 cm³/mol. The molecule has 0 aliphatic rings. The number of rotatable bonds is 8. The molecule has 8 nitrogen and oxygen atoms in total. The summed E-state index contributed by atoms with van der Waals surface area (Å²) in [5.41, 5.74) is 1.43. The highest BCUT2D eigenvalue weighted by atomic mass is 79.9. The fourth-order valence-electron chi connectivity index (χ4n) is 2.73. The summed E-state index contributed by atoms with van der Waals surface area (Å²) in [4.78, 5) is 35.5. The number of benzene rings is 2. The molecule has 0 saturated heterocycles. The Labute approximate surface area is 190 Å². The van der Waals surface area contributed by atoms with Crippen LogP contribution in [0.2, 0.25) is 0 Å². The molecular formula is C21H17BrN2O6S. The zero-order chi connectivity index (χ0) is 22.4. The summed E-state index contributed by atoms with van der Waals surface area (Å²) in [6.07, 6.45) is 0. The summed E-state index contributed by atoms with van der Waals surface area (Å²) in [7, 11) is 0. The highest BCUT2D eigenvalue weighted by molar-refractivity contribution is 9.10. The third-order valence-corrected chi connectivity index (χ3v) is 5.52. The van der Waals surface area contributed by atoms with Crippen LogP contribution in [0.3, 0.4) is 0 Å². The van der Waals surface area contributed by atoms with Gasteiger partial charge in [-0.2, -0.15) is 0 Å². The van der Waals surface area contributed by atoms with E-state index in [2.05, 4.69) is 21.2 Å². The summed E-state index contributed by atoms with van der Waals surface area (Å²) < 4.78 is 11.4. The first-order valence-corrected chi connectivity index (χ1v) is 10.8. The van der Waals surface area contributed by atoms with Crippen molar-refractivity contribution in [3.05, 3.63) is 74.1 Å². The Balaban J connectivity index is 1.81. The Morgan fingerprint density at radius 2 is 1.87 bits per heavy atom. The predicted octanol–water partition coefficient (Wildman–Crippen LogP) is 5.28. The van der Waals surface area contributed by atoms with Gasteiger partial charge < -0.3 is 14.8 Å². The normalized spacial score (nSPS) is 10.4. The monoisotopic (exact) mass is 504 g/mol. The van der Waals surface area contributed by atoms with Crippen molar-refractivity contribution in [2.75, 3.05) is 18.5 Å². The standard InChI is InChI=1S/C21H17BrN2O6S/c1-2-29-21(26)19-15(13-7-9-14(22)10-8-13)12-31-20(19)23-18(25)11-30-17-6-4-3-5-16(17)24(27)28/h3-10,12H,2,11H2,1H3,(H,23,25). The van der Waals surface area contributed by atoms with Gasteiger partial charge in [-0.3, -0.25) is 14.9 Å². The minimum absolute atomic E-state index is 0.0185. The smallest absolute Gasteiger partial charge is 0.341 e. The van der Waals surface area contributed by atoms with E-state index < -0.39 is 23.4 Å². The third kappa shape index (κ3) is 5.47. The topological polar surface area (TPSA) is 108 Å². The van der Waals surface area contributed by atoms with Crippen molar-refractivity contribution < 1.29 is 24.0 Å². The van der Waals surface area contributed by atoms with Crippen LogP contribution >= 0.6 is 27.3 Å². The largest absolute Gasteiger partial charge is 0.477 e. The van der Waals surface area contributed by atoms with Crippen LogP contribution in [0, 0.1) is 10.1 Å². The molecule has 1 N–H and O–H groups in total. The number of amides is 1. The van der Waals surface area contributed by atoms with E-state index in [9.17, 15) is 19.7 Å². The van der Waals surface area contributed by atoms with Gasteiger partial charge in [0.2, 0.25) is 0 Å². The van der Waals surface area contributed by atoms with Crippen LogP contribution in [0.15, 0.2) is 58.4 Å². The van der Waals surface area contributed by atoms with Crippen molar-refractivity contribution in [3.63, 3.8) is 0 Å². The van der Waals surface area contributed by atoms with Gasteiger partial charge in [-0.05, 0) is 30.7 Å². The molecule has 0 atom stereocenters. The molecule has 0 radical (unpaired) electrons. The zero-order valence-electron chi connectivity index (χ0n) is 16.3. The van der Waals surface area contributed by atoms with E-state index in [1.165, 1.54) is 29.5 Å². The number of carbonyl (C=O) groups is 2. The lowest BCUT2D eigenvalue weighted by molar-refractivity contribution is -0.385. The lowest BCUT2D eigenvalue weighted by Gasteiger charge is -2.10. The molecule has 1 amide bonds. The number of para-hydroxylation sites is 2. The van der Waals surface area contributed by atoms with E-state index in [0.29, 0.717) is 10.6 Å². The number of esters is 1. The minimum Gasteiger partial charge on any atom is -0.477 e. The lowest BCUT2D eigenvalue weighted by Crippen LogP contribution is -2.21. The van der Waals surface area contributed by atoms with E-state index in [4.69, 9.17) is 9.47 Å². The quantitative estimate of drug-likeness (QED) is 0.254. The molecule has 10 heteroatoms. The van der Waals surface area contributed by atoms with Crippen LogP contribution in [-0.4, -0.2) is 30.0 Å². The number of carbonyl (C=O) groups excluding carboxylic acids is 2. The molecule has 0 unspecified atom stereocenters. The Bertz CT molecular complexity index is 1110. The van der Waals surface area contributed by atoms with Crippen molar-refractivity contribution in [2.24, 2.45) is 0 Å². The number of hydrogen-bond donors (Lipinski definition) is 1. The number of nitrogens with one attached hydrogen (secondary N) is 1. The molecule has 1 aromatic heterocycles. The molecule has 0 spiro atoms.